The van der Waals surface area contributed by atoms with Crippen LogP contribution in [-0.4, -0.2) is 32.2 Å². The van der Waals surface area contributed by atoms with E-state index in [1.807, 2.05) is 30.3 Å². The molecule has 0 aliphatic carbocycles. The molecule has 0 bridgehead atoms. The van der Waals surface area contributed by atoms with Crippen LogP contribution in [-0.2, 0) is 9.53 Å². The molecule has 0 spiro atoms. The van der Waals surface area contributed by atoms with Gasteiger partial charge in [-0.15, -0.1) is 12.4 Å². The summed E-state index contributed by atoms with van der Waals surface area (Å²) in [6.07, 6.45) is 2.25. The number of hydrogen-bond acceptors (Lipinski definition) is 3. The summed E-state index contributed by atoms with van der Waals surface area (Å²) in [5.74, 6) is 0.504. The number of halogens is 1. The van der Waals surface area contributed by atoms with Crippen molar-refractivity contribution in [1.82, 2.24) is 5.32 Å². The van der Waals surface area contributed by atoms with E-state index in [0.717, 1.165) is 38.3 Å². The van der Waals surface area contributed by atoms with Crippen LogP contribution in [0.2, 0.25) is 0 Å². The Morgan fingerprint density at radius 3 is 2.79 bits per heavy atom. The van der Waals surface area contributed by atoms with Crippen molar-refractivity contribution in [2.24, 2.45) is 5.92 Å². The zero-order valence-electron chi connectivity index (χ0n) is 10.9. The first-order valence-electron chi connectivity index (χ1n) is 6.48. The second-order valence-electron chi connectivity index (χ2n) is 4.61. The van der Waals surface area contributed by atoms with Crippen LogP contribution in [0.25, 0.3) is 0 Å². The van der Waals surface area contributed by atoms with Crippen LogP contribution in [0, 0.1) is 5.92 Å². The highest BCUT2D eigenvalue weighted by Crippen LogP contribution is 2.12. The minimum atomic E-state index is 0. The summed E-state index contributed by atoms with van der Waals surface area (Å²) in [5.41, 5.74) is 0.966. The SMILES string of the molecule is Cl.O=C(CNc1ccccc1)NCC1CCCOC1. The zero-order valence-corrected chi connectivity index (χ0v) is 11.7. The molecule has 1 aromatic rings. The molecule has 1 fully saturated rings. The van der Waals surface area contributed by atoms with Gasteiger partial charge < -0.3 is 15.4 Å². The monoisotopic (exact) mass is 284 g/mol. The van der Waals surface area contributed by atoms with E-state index in [1.165, 1.54) is 0 Å². The number of rotatable bonds is 5. The van der Waals surface area contributed by atoms with Gasteiger partial charge in [-0.1, -0.05) is 18.2 Å². The molecule has 0 aromatic heterocycles. The fraction of sp³-hybridized carbons (Fsp3) is 0.500. The van der Waals surface area contributed by atoms with Gasteiger partial charge in [-0.25, -0.2) is 0 Å². The molecule has 5 heteroatoms. The van der Waals surface area contributed by atoms with Gasteiger partial charge in [0.2, 0.25) is 5.91 Å². The third-order valence-electron chi connectivity index (χ3n) is 3.07. The fourth-order valence-electron chi connectivity index (χ4n) is 2.03. The molecule has 1 heterocycles. The van der Waals surface area contributed by atoms with Crippen molar-refractivity contribution in [2.45, 2.75) is 12.8 Å². The van der Waals surface area contributed by atoms with Gasteiger partial charge in [0.05, 0.1) is 13.2 Å². The lowest BCUT2D eigenvalue weighted by atomic mass is 10.0. The number of hydrogen-bond donors (Lipinski definition) is 2. The first-order valence-corrected chi connectivity index (χ1v) is 6.48. The molecular weight excluding hydrogens is 264 g/mol. The van der Waals surface area contributed by atoms with Crippen molar-refractivity contribution < 1.29 is 9.53 Å². The Labute approximate surface area is 120 Å². The summed E-state index contributed by atoms with van der Waals surface area (Å²) in [6.45, 7) is 2.67. The molecule has 106 valence electrons. The van der Waals surface area contributed by atoms with E-state index in [9.17, 15) is 4.79 Å². The summed E-state index contributed by atoms with van der Waals surface area (Å²) in [6, 6.07) is 9.73. The molecule has 0 saturated carbocycles. The lowest BCUT2D eigenvalue weighted by Gasteiger charge is -2.22. The largest absolute Gasteiger partial charge is 0.381 e. The Morgan fingerprint density at radius 2 is 2.11 bits per heavy atom. The molecule has 1 amide bonds. The van der Waals surface area contributed by atoms with Gasteiger partial charge in [0, 0.05) is 18.8 Å². The van der Waals surface area contributed by atoms with Crippen LogP contribution < -0.4 is 10.6 Å². The maximum Gasteiger partial charge on any atom is 0.239 e. The Kier molecular flexibility index (Phi) is 7.30. The van der Waals surface area contributed by atoms with Crippen molar-refractivity contribution in [2.75, 3.05) is 31.6 Å². The molecule has 0 radical (unpaired) electrons. The van der Waals surface area contributed by atoms with Gasteiger partial charge in [-0.2, -0.15) is 0 Å². The van der Waals surface area contributed by atoms with Gasteiger partial charge >= 0.3 is 0 Å². The second kappa shape index (κ2) is 8.77. The van der Waals surface area contributed by atoms with Crippen molar-refractivity contribution in [3.8, 4) is 0 Å². The van der Waals surface area contributed by atoms with E-state index >= 15 is 0 Å². The predicted molar refractivity (Wildman–Crippen MR) is 78.7 cm³/mol. The quantitative estimate of drug-likeness (QED) is 0.870. The van der Waals surface area contributed by atoms with Crippen molar-refractivity contribution in [3.63, 3.8) is 0 Å². The molecule has 1 aliphatic rings. The molecule has 1 unspecified atom stereocenters. The highest BCUT2D eigenvalue weighted by molar-refractivity contribution is 5.85. The maximum atomic E-state index is 11.6. The summed E-state index contributed by atoms with van der Waals surface area (Å²) in [7, 11) is 0. The average Bonchev–Trinajstić information content (AvgIpc) is 2.45. The van der Waals surface area contributed by atoms with Crippen LogP contribution in [0.4, 0.5) is 5.69 Å². The molecule has 4 nitrogen and oxygen atoms in total. The third kappa shape index (κ3) is 5.94. The molecule has 19 heavy (non-hydrogen) atoms. The first-order chi connectivity index (χ1) is 8.84. The highest BCUT2D eigenvalue weighted by atomic mass is 35.5. The normalized spacial score (nSPS) is 18.2. The second-order valence-corrected chi connectivity index (χ2v) is 4.61. The standard InChI is InChI=1S/C14H20N2O2.ClH/c17-14(10-15-13-6-2-1-3-7-13)16-9-12-5-4-8-18-11-12;/h1-3,6-7,12,15H,4-5,8-11H2,(H,16,17);1H. The molecule has 1 saturated heterocycles. The van der Waals surface area contributed by atoms with Gasteiger partial charge in [0.25, 0.3) is 0 Å². The Morgan fingerprint density at radius 1 is 1.32 bits per heavy atom. The predicted octanol–water partition coefficient (Wildman–Crippen LogP) is 2.06. The van der Waals surface area contributed by atoms with E-state index in [2.05, 4.69) is 10.6 Å². The molecule has 2 N–H and O–H groups in total. The molecule has 1 aliphatic heterocycles. The maximum absolute atomic E-state index is 11.6. The van der Waals surface area contributed by atoms with Crippen molar-refractivity contribution in [3.05, 3.63) is 30.3 Å². The Hall–Kier alpha value is -1.26. The lowest BCUT2D eigenvalue weighted by Crippen LogP contribution is -2.36. The summed E-state index contributed by atoms with van der Waals surface area (Å²) >= 11 is 0. The van der Waals surface area contributed by atoms with E-state index < -0.39 is 0 Å². The topological polar surface area (TPSA) is 50.4 Å². The van der Waals surface area contributed by atoms with Gasteiger partial charge in [0.15, 0.2) is 0 Å². The first kappa shape index (κ1) is 15.8. The number of anilines is 1. The minimum Gasteiger partial charge on any atom is -0.381 e. The fourth-order valence-corrected chi connectivity index (χ4v) is 2.03. The lowest BCUT2D eigenvalue weighted by molar-refractivity contribution is -0.119. The van der Waals surface area contributed by atoms with E-state index in [-0.39, 0.29) is 18.3 Å². The Bertz CT molecular complexity index is 367. The van der Waals surface area contributed by atoms with Gasteiger partial charge in [-0.3, -0.25) is 4.79 Å². The van der Waals surface area contributed by atoms with Gasteiger partial charge in [-0.05, 0) is 30.9 Å². The molecular formula is C14H21ClN2O2. The number of para-hydroxylation sites is 1. The summed E-state index contributed by atoms with van der Waals surface area (Å²) in [4.78, 5) is 11.6. The minimum absolute atomic E-state index is 0. The average molecular weight is 285 g/mol. The Balaban J connectivity index is 0.00000180. The zero-order chi connectivity index (χ0) is 12.6. The van der Waals surface area contributed by atoms with Crippen molar-refractivity contribution in [1.29, 1.82) is 0 Å². The van der Waals surface area contributed by atoms with Crippen molar-refractivity contribution >= 4 is 24.0 Å². The molecule has 1 aromatic carbocycles. The number of amides is 1. The number of carbonyl (C=O) groups is 1. The highest BCUT2D eigenvalue weighted by Gasteiger charge is 2.14. The molecule has 2 rings (SSSR count). The number of nitrogens with one attached hydrogen (secondary N) is 2. The van der Waals surface area contributed by atoms with Gasteiger partial charge in [0.1, 0.15) is 0 Å². The van der Waals surface area contributed by atoms with E-state index in [0.29, 0.717) is 12.5 Å². The van der Waals surface area contributed by atoms with E-state index in [1.54, 1.807) is 0 Å². The summed E-state index contributed by atoms with van der Waals surface area (Å²) in [5, 5.41) is 6.03. The van der Waals surface area contributed by atoms with E-state index in [4.69, 9.17) is 4.74 Å². The number of ether oxygens (including phenoxy) is 1. The number of benzene rings is 1. The van der Waals surface area contributed by atoms with Crippen LogP contribution in [0.3, 0.4) is 0 Å². The third-order valence-corrected chi connectivity index (χ3v) is 3.07. The number of carbonyl (C=O) groups excluding carboxylic acids is 1. The van der Waals surface area contributed by atoms with Crippen LogP contribution in [0.5, 0.6) is 0 Å². The molecule has 1 atom stereocenters. The van der Waals surface area contributed by atoms with Crippen LogP contribution in [0.15, 0.2) is 30.3 Å². The smallest absolute Gasteiger partial charge is 0.239 e. The van der Waals surface area contributed by atoms with Crippen LogP contribution >= 0.6 is 12.4 Å². The summed E-state index contributed by atoms with van der Waals surface area (Å²) < 4.78 is 5.38. The van der Waals surface area contributed by atoms with Crippen LogP contribution in [0.1, 0.15) is 12.8 Å².